The van der Waals surface area contributed by atoms with Gasteiger partial charge in [-0.05, 0) is 49.6 Å². The quantitative estimate of drug-likeness (QED) is 0.830. The first kappa shape index (κ1) is 13.1. The molecule has 0 spiro atoms. The van der Waals surface area contributed by atoms with E-state index >= 15 is 0 Å². The van der Waals surface area contributed by atoms with Crippen molar-refractivity contribution in [1.29, 1.82) is 0 Å². The molecule has 0 aromatic heterocycles. The molecule has 0 unspecified atom stereocenters. The lowest BCUT2D eigenvalue weighted by molar-refractivity contribution is 0.262. The van der Waals surface area contributed by atoms with Gasteiger partial charge in [0.2, 0.25) is 0 Å². The van der Waals surface area contributed by atoms with Crippen molar-refractivity contribution < 1.29 is 4.79 Å². The molecule has 3 nitrogen and oxygen atoms in total. The Labute approximate surface area is 113 Å². The molecule has 2 aromatic carbocycles. The van der Waals surface area contributed by atoms with Crippen LogP contribution in [0.5, 0.6) is 0 Å². The molecule has 19 heavy (non-hydrogen) atoms. The Kier molecular flexibility index (Phi) is 3.85. The minimum Gasteiger partial charge on any atom is -0.308 e. The van der Waals surface area contributed by atoms with Crippen LogP contribution in [-0.2, 0) is 0 Å². The third kappa shape index (κ3) is 3.35. The standard InChI is InChI=1S/C16H17N2O/c1-11-7-9-14(10-8-11)17-16(19)18-15-12(2)5-4-6-13(15)3/h4-10H,1H2,2-3H3,(H2,17,18,19). The number of amides is 2. The summed E-state index contributed by atoms with van der Waals surface area (Å²) in [6, 6.07) is 13.0. The van der Waals surface area contributed by atoms with Gasteiger partial charge in [-0.15, -0.1) is 0 Å². The third-order valence-corrected chi connectivity index (χ3v) is 2.93. The molecule has 0 aliphatic heterocycles. The van der Waals surface area contributed by atoms with E-state index in [0.717, 1.165) is 28.1 Å². The van der Waals surface area contributed by atoms with Gasteiger partial charge < -0.3 is 10.6 Å². The summed E-state index contributed by atoms with van der Waals surface area (Å²) in [4.78, 5) is 11.9. The summed E-state index contributed by atoms with van der Waals surface area (Å²) >= 11 is 0. The van der Waals surface area contributed by atoms with Gasteiger partial charge in [0.25, 0.3) is 0 Å². The van der Waals surface area contributed by atoms with Crippen molar-refractivity contribution in [3.63, 3.8) is 0 Å². The molecule has 0 saturated heterocycles. The molecule has 0 aliphatic rings. The van der Waals surface area contributed by atoms with Crippen LogP contribution in [0.4, 0.5) is 16.2 Å². The van der Waals surface area contributed by atoms with Crippen LogP contribution in [-0.4, -0.2) is 6.03 Å². The molecule has 2 aromatic rings. The van der Waals surface area contributed by atoms with E-state index < -0.39 is 0 Å². The van der Waals surface area contributed by atoms with E-state index in [2.05, 4.69) is 17.6 Å². The van der Waals surface area contributed by atoms with Gasteiger partial charge in [0, 0.05) is 11.4 Å². The second-order valence-electron chi connectivity index (χ2n) is 4.54. The van der Waals surface area contributed by atoms with Crippen molar-refractivity contribution in [1.82, 2.24) is 0 Å². The third-order valence-electron chi connectivity index (χ3n) is 2.93. The second kappa shape index (κ2) is 5.57. The van der Waals surface area contributed by atoms with E-state index in [0.29, 0.717) is 0 Å². The highest BCUT2D eigenvalue weighted by atomic mass is 16.2. The number of rotatable bonds is 2. The summed E-state index contributed by atoms with van der Waals surface area (Å²) < 4.78 is 0. The topological polar surface area (TPSA) is 41.1 Å². The number of carbonyl (C=O) groups excluding carboxylic acids is 1. The molecule has 0 fully saturated rings. The maximum atomic E-state index is 11.9. The molecule has 2 N–H and O–H groups in total. The molecule has 0 atom stereocenters. The van der Waals surface area contributed by atoms with Crippen LogP contribution in [0.3, 0.4) is 0 Å². The van der Waals surface area contributed by atoms with Crippen molar-refractivity contribution in [3.05, 3.63) is 66.1 Å². The van der Waals surface area contributed by atoms with Crippen LogP contribution < -0.4 is 10.6 Å². The van der Waals surface area contributed by atoms with Crippen LogP contribution >= 0.6 is 0 Å². The maximum absolute atomic E-state index is 11.9. The number of hydrogen-bond acceptors (Lipinski definition) is 1. The smallest absolute Gasteiger partial charge is 0.308 e. The van der Waals surface area contributed by atoms with Gasteiger partial charge in [-0.2, -0.15) is 0 Å². The Morgan fingerprint density at radius 2 is 1.53 bits per heavy atom. The molecule has 0 saturated carbocycles. The maximum Gasteiger partial charge on any atom is 0.323 e. The van der Waals surface area contributed by atoms with Crippen LogP contribution in [0.25, 0.3) is 0 Å². The fourth-order valence-corrected chi connectivity index (χ4v) is 1.88. The minimum absolute atomic E-state index is 0.241. The van der Waals surface area contributed by atoms with Crippen LogP contribution in [0.15, 0.2) is 42.5 Å². The van der Waals surface area contributed by atoms with Crippen LogP contribution in [0, 0.1) is 20.8 Å². The highest BCUT2D eigenvalue weighted by molar-refractivity contribution is 6.00. The fourth-order valence-electron chi connectivity index (χ4n) is 1.88. The zero-order valence-electron chi connectivity index (χ0n) is 11.2. The van der Waals surface area contributed by atoms with E-state index in [9.17, 15) is 4.79 Å². The summed E-state index contributed by atoms with van der Waals surface area (Å²) in [6.07, 6.45) is 0. The molecular formula is C16H17N2O. The Morgan fingerprint density at radius 1 is 0.947 bits per heavy atom. The van der Waals surface area contributed by atoms with Crippen molar-refractivity contribution in [2.75, 3.05) is 10.6 Å². The zero-order valence-corrected chi connectivity index (χ0v) is 11.2. The second-order valence-corrected chi connectivity index (χ2v) is 4.54. The molecule has 0 bridgehead atoms. The highest BCUT2D eigenvalue weighted by Gasteiger charge is 2.06. The van der Waals surface area contributed by atoms with Crippen molar-refractivity contribution in [2.45, 2.75) is 13.8 Å². The molecule has 2 amide bonds. The average Bonchev–Trinajstić information content (AvgIpc) is 2.37. The van der Waals surface area contributed by atoms with E-state index in [4.69, 9.17) is 0 Å². The Balaban J connectivity index is 2.07. The summed E-state index contributed by atoms with van der Waals surface area (Å²) in [5.41, 5.74) is 4.61. The lowest BCUT2D eigenvalue weighted by Gasteiger charge is -2.12. The summed E-state index contributed by atoms with van der Waals surface area (Å²) in [7, 11) is 0. The first-order valence-corrected chi connectivity index (χ1v) is 6.12. The average molecular weight is 253 g/mol. The van der Waals surface area contributed by atoms with Crippen molar-refractivity contribution in [3.8, 4) is 0 Å². The van der Waals surface area contributed by atoms with Crippen molar-refractivity contribution >= 4 is 17.4 Å². The van der Waals surface area contributed by atoms with E-state index in [1.54, 1.807) is 0 Å². The van der Waals surface area contributed by atoms with Crippen LogP contribution in [0.1, 0.15) is 16.7 Å². The zero-order chi connectivity index (χ0) is 13.8. The van der Waals surface area contributed by atoms with E-state index in [1.807, 2.05) is 56.3 Å². The Bertz CT molecular complexity index is 568. The lowest BCUT2D eigenvalue weighted by Crippen LogP contribution is -2.20. The number of aryl methyl sites for hydroxylation is 2. The minimum atomic E-state index is -0.241. The number of para-hydroxylation sites is 1. The first-order valence-electron chi connectivity index (χ1n) is 6.12. The summed E-state index contributed by atoms with van der Waals surface area (Å²) in [5.74, 6) is 0. The normalized spacial score (nSPS) is 10.1. The predicted molar refractivity (Wildman–Crippen MR) is 79.5 cm³/mol. The highest BCUT2D eigenvalue weighted by Crippen LogP contribution is 2.19. The molecular weight excluding hydrogens is 236 g/mol. The fraction of sp³-hybridized carbons (Fsp3) is 0.125. The van der Waals surface area contributed by atoms with Gasteiger partial charge in [-0.3, -0.25) is 0 Å². The number of carbonyl (C=O) groups is 1. The van der Waals surface area contributed by atoms with Gasteiger partial charge in [-0.1, -0.05) is 30.3 Å². The van der Waals surface area contributed by atoms with Gasteiger partial charge in [0.05, 0.1) is 0 Å². The number of anilines is 2. The number of benzene rings is 2. The largest absolute Gasteiger partial charge is 0.323 e. The number of hydrogen-bond donors (Lipinski definition) is 2. The number of urea groups is 1. The molecule has 2 rings (SSSR count). The van der Waals surface area contributed by atoms with Crippen molar-refractivity contribution in [2.24, 2.45) is 0 Å². The molecule has 3 heteroatoms. The van der Waals surface area contributed by atoms with Gasteiger partial charge in [0.15, 0.2) is 0 Å². The molecule has 0 aliphatic carbocycles. The summed E-state index contributed by atoms with van der Waals surface area (Å²) in [6.45, 7) is 7.75. The predicted octanol–water partition coefficient (Wildman–Crippen LogP) is 4.13. The monoisotopic (exact) mass is 253 g/mol. The van der Waals surface area contributed by atoms with Gasteiger partial charge >= 0.3 is 6.03 Å². The molecule has 97 valence electrons. The van der Waals surface area contributed by atoms with Gasteiger partial charge in [-0.25, -0.2) is 4.79 Å². The lowest BCUT2D eigenvalue weighted by atomic mass is 10.1. The molecule has 0 heterocycles. The summed E-state index contributed by atoms with van der Waals surface area (Å²) in [5, 5.41) is 5.67. The van der Waals surface area contributed by atoms with E-state index in [-0.39, 0.29) is 6.03 Å². The Morgan fingerprint density at radius 3 is 2.11 bits per heavy atom. The number of nitrogens with one attached hydrogen (secondary N) is 2. The Hall–Kier alpha value is -2.29. The van der Waals surface area contributed by atoms with Crippen LogP contribution in [0.2, 0.25) is 0 Å². The first-order chi connectivity index (χ1) is 9.06. The molecule has 1 radical (unpaired) electrons. The SMILES string of the molecule is [CH2]c1ccc(NC(=O)Nc2c(C)cccc2C)cc1. The van der Waals surface area contributed by atoms with E-state index in [1.165, 1.54) is 0 Å². The van der Waals surface area contributed by atoms with Gasteiger partial charge in [0.1, 0.15) is 0 Å².